The molecule has 0 unspecified atom stereocenters. The van der Waals surface area contributed by atoms with Crippen molar-refractivity contribution in [2.45, 2.75) is 40.5 Å². The maximum absolute atomic E-state index is 12.7. The van der Waals surface area contributed by atoms with Gasteiger partial charge in [0.1, 0.15) is 17.8 Å². The van der Waals surface area contributed by atoms with Crippen molar-refractivity contribution in [2.24, 2.45) is 0 Å². The minimum Gasteiger partial charge on any atom is -0.357 e. The lowest BCUT2D eigenvalue weighted by Crippen LogP contribution is -2.24. The quantitative estimate of drug-likeness (QED) is 0.871. The smallest absolute Gasteiger partial charge is 0.274 e. The van der Waals surface area contributed by atoms with Crippen LogP contribution in [0.4, 0.5) is 11.5 Å². The molecule has 1 N–H and O–H groups in total. The van der Waals surface area contributed by atoms with Gasteiger partial charge < -0.3 is 10.2 Å². The van der Waals surface area contributed by atoms with Crippen LogP contribution in [0.15, 0.2) is 30.6 Å². The Morgan fingerprint density at radius 1 is 1.21 bits per heavy atom. The zero-order valence-electron chi connectivity index (χ0n) is 15.1. The number of benzene rings is 1. The van der Waals surface area contributed by atoms with E-state index in [9.17, 15) is 4.79 Å². The van der Waals surface area contributed by atoms with Gasteiger partial charge in [-0.1, -0.05) is 32.0 Å². The van der Waals surface area contributed by atoms with Crippen LogP contribution in [0.3, 0.4) is 0 Å². The molecule has 0 saturated heterocycles. The van der Waals surface area contributed by atoms with Crippen LogP contribution in [0.2, 0.25) is 0 Å². The topological polar surface area (TPSA) is 58.1 Å². The molecule has 0 spiro atoms. The normalized spacial score (nSPS) is 10.8. The maximum atomic E-state index is 12.7. The van der Waals surface area contributed by atoms with Gasteiger partial charge in [0.25, 0.3) is 5.91 Å². The average molecular weight is 326 g/mol. The van der Waals surface area contributed by atoms with Gasteiger partial charge >= 0.3 is 0 Å². The van der Waals surface area contributed by atoms with Crippen molar-refractivity contribution < 1.29 is 4.79 Å². The molecule has 24 heavy (non-hydrogen) atoms. The zero-order valence-corrected chi connectivity index (χ0v) is 15.1. The third-order valence-electron chi connectivity index (χ3n) is 4.14. The lowest BCUT2D eigenvalue weighted by atomic mass is 9.98. The largest absolute Gasteiger partial charge is 0.357 e. The Balaban J connectivity index is 2.30. The third kappa shape index (κ3) is 3.91. The fourth-order valence-corrected chi connectivity index (χ4v) is 2.71. The van der Waals surface area contributed by atoms with Gasteiger partial charge in [-0.3, -0.25) is 4.79 Å². The number of carbonyl (C=O) groups excluding carboxylic acids is 1. The highest BCUT2D eigenvalue weighted by Gasteiger charge is 2.15. The molecule has 0 aliphatic carbocycles. The van der Waals surface area contributed by atoms with Crippen LogP contribution >= 0.6 is 0 Å². The molecule has 2 rings (SSSR count). The summed E-state index contributed by atoms with van der Waals surface area (Å²) in [7, 11) is 0. The van der Waals surface area contributed by atoms with Gasteiger partial charge in [-0.05, 0) is 37.8 Å². The van der Waals surface area contributed by atoms with E-state index < -0.39 is 0 Å². The van der Waals surface area contributed by atoms with Crippen LogP contribution in [0.25, 0.3) is 0 Å². The molecule has 1 aromatic heterocycles. The molecule has 128 valence electrons. The van der Waals surface area contributed by atoms with E-state index in [0.717, 1.165) is 35.7 Å². The van der Waals surface area contributed by atoms with E-state index >= 15 is 0 Å². The number of hydrogen-bond acceptors (Lipinski definition) is 4. The number of nitrogens with zero attached hydrogens (tertiary/aromatic N) is 3. The van der Waals surface area contributed by atoms with Crippen LogP contribution in [0, 0.1) is 6.92 Å². The fourth-order valence-electron chi connectivity index (χ4n) is 2.71. The van der Waals surface area contributed by atoms with E-state index in [4.69, 9.17) is 0 Å². The number of rotatable bonds is 6. The molecular formula is C19H26N4O. The lowest BCUT2D eigenvalue weighted by Gasteiger charge is -2.20. The van der Waals surface area contributed by atoms with Crippen LogP contribution in [-0.2, 0) is 0 Å². The Hall–Kier alpha value is -2.43. The van der Waals surface area contributed by atoms with Crippen molar-refractivity contribution in [2.75, 3.05) is 23.3 Å². The Morgan fingerprint density at radius 2 is 1.92 bits per heavy atom. The number of nitrogens with one attached hydrogen (secondary N) is 1. The highest BCUT2D eigenvalue weighted by molar-refractivity contribution is 6.04. The van der Waals surface area contributed by atoms with E-state index in [1.807, 2.05) is 19.1 Å². The first-order valence-electron chi connectivity index (χ1n) is 8.45. The Bertz CT molecular complexity index is 708. The van der Waals surface area contributed by atoms with Gasteiger partial charge in [0.15, 0.2) is 0 Å². The van der Waals surface area contributed by atoms with Crippen molar-refractivity contribution in [3.8, 4) is 0 Å². The number of para-hydroxylation sites is 1. The van der Waals surface area contributed by atoms with Crippen LogP contribution < -0.4 is 10.2 Å². The molecule has 1 heterocycles. The van der Waals surface area contributed by atoms with Crippen molar-refractivity contribution in [1.82, 2.24) is 9.97 Å². The molecule has 5 nitrogen and oxygen atoms in total. The molecule has 0 fully saturated rings. The Labute approximate surface area is 144 Å². The highest BCUT2D eigenvalue weighted by Crippen LogP contribution is 2.27. The number of carbonyl (C=O) groups is 1. The number of amides is 1. The summed E-state index contributed by atoms with van der Waals surface area (Å²) in [5.74, 6) is 0.896. The minimum absolute atomic E-state index is 0.206. The van der Waals surface area contributed by atoms with E-state index in [2.05, 4.69) is 53.9 Å². The monoisotopic (exact) mass is 326 g/mol. The molecule has 1 amide bonds. The molecule has 0 aliphatic heterocycles. The SMILES string of the molecule is CCN(CC)c1cc(C(=O)Nc2c(C)cccc2C(C)C)ncn1. The second-order valence-corrected chi connectivity index (χ2v) is 6.08. The number of aryl methyl sites for hydroxylation is 1. The fraction of sp³-hybridized carbons (Fsp3) is 0.421. The standard InChI is InChI=1S/C19H26N4O/c1-6-23(7-2)17-11-16(20-12-21-17)19(24)22-18-14(5)9-8-10-15(18)13(3)4/h8-13H,6-7H2,1-5H3,(H,22,24). The van der Waals surface area contributed by atoms with Crippen LogP contribution in [0.5, 0.6) is 0 Å². The van der Waals surface area contributed by atoms with Gasteiger partial charge in [-0.15, -0.1) is 0 Å². The second kappa shape index (κ2) is 7.90. The summed E-state index contributed by atoms with van der Waals surface area (Å²) in [4.78, 5) is 23.2. The van der Waals surface area contributed by atoms with Crippen molar-refractivity contribution in [3.05, 3.63) is 47.4 Å². The molecule has 0 saturated carbocycles. The van der Waals surface area contributed by atoms with Gasteiger partial charge in [-0.2, -0.15) is 0 Å². The first-order valence-corrected chi connectivity index (χ1v) is 8.45. The summed E-state index contributed by atoms with van der Waals surface area (Å²) in [6.45, 7) is 12.0. The summed E-state index contributed by atoms with van der Waals surface area (Å²) in [6.07, 6.45) is 1.45. The Kier molecular flexibility index (Phi) is 5.90. The van der Waals surface area contributed by atoms with Crippen molar-refractivity contribution >= 4 is 17.4 Å². The Morgan fingerprint density at radius 3 is 2.54 bits per heavy atom. The summed E-state index contributed by atoms with van der Waals surface area (Å²) in [6, 6.07) is 7.82. The molecule has 0 atom stereocenters. The maximum Gasteiger partial charge on any atom is 0.274 e. The van der Waals surface area contributed by atoms with Gasteiger partial charge in [0, 0.05) is 24.8 Å². The zero-order chi connectivity index (χ0) is 17.7. The van der Waals surface area contributed by atoms with E-state index in [-0.39, 0.29) is 5.91 Å². The number of anilines is 2. The predicted octanol–water partition coefficient (Wildman–Crippen LogP) is 4.01. The molecule has 5 heteroatoms. The summed E-state index contributed by atoms with van der Waals surface area (Å²) >= 11 is 0. The number of hydrogen-bond donors (Lipinski definition) is 1. The van der Waals surface area contributed by atoms with E-state index in [0.29, 0.717) is 11.6 Å². The van der Waals surface area contributed by atoms with Gasteiger partial charge in [-0.25, -0.2) is 9.97 Å². The molecule has 0 aliphatic rings. The average Bonchev–Trinajstić information content (AvgIpc) is 2.57. The summed E-state index contributed by atoms with van der Waals surface area (Å²) < 4.78 is 0. The first kappa shape index (κ1) is 17.9. The van der Waals surface area contributed by atoms with Gasteiger partial charge in [0.2, 0.25) is 0 Å². The second-order valence-electron chi connectivity index (χ2n) is 6.08. The van der Waals surface area contributed by atoms with Crippen LogP contribution in [0.1, 0.15) is 55.2 Å². The first-order chi connectivity index (χ1) is 11.5. The molecule has 1 aromatic carbocycles. The number of aromatic nitrogens is 2. The van der Waals surface area contributed by atoms with Crippen molar-refractivity contribution in [1.29, 1.82) is 0 Å². The molecular weight excluding hydrogens is 300 g/mol. The van der Waals surface area contributed by atoms with E-state index in [1.54, 1.807) is 6.07 Å². The lowest BCUT2D eigenvalue weighted by molar-refractivity contribution is 0.102. The van der Waals surface area contributed by atoms with E-state index in [1.165, 1.54) is 6.33 Å². The summed E-state index contributed by atoms with van der Waals surface area (Å²) in [5, 5.41) is 3.03. The molecule has 0 radical (unpaired) electrons. The van der Waals surface area contributed by atoms with Crippen LogP contribution in [-0.4, -0.2) is 29.0 Å². The highest BCUT2D eigenvalue weighted by atomic mass is 16.1. The minimum atomic E-state index is -0.206. The van der Waals surface area contributed by atoms with Gasteiger partial charge in [0.05, 0.1) is 0 Å². The van der Waals surface area contributed by atoms with Crippen molar-refractivity contribution in [3.63, 3.8) is 0 Å². The summed E-state index contributed by atoms with van der Waals surface area (Å²) in [5.41, 5.74) is 3.43. The predicted molar refractivity (Wildman–Crippen MR) is 98.8 cm³/mol. The molecule has 0 bridgehead atoms. The third-order valence-corrected chi connectivity index (χ3v) is 4.14. The molecule has 2 aromatic rings.